The minimum atomic E-state index is 0.0589. The highest BCUT2D eigenvalue weighted by atomic mass is 32.2. The van der Waals surface area contributed by atoms with Gasteiger partial charge < -0.3 is 9.80 Å². The van der Waals surface area contributed by atoms with Gasteiger partial charge in [-0.25, -0.2) is 0 Å². The number of thioether (sulfide) groups is 1. The first kappa shape index (κ1) is 16.9. The van der Waals surface area contributed by atoms with Gasteiger partial charge in [-0.2, -0.15) is 0 Å². The zero-order chi connectivity index (χ0) is 16.1. The van der Waals surface area contributed by atoms with Gasteiger partial charge in [-0.05, 0) is 36.4 Å². The van der Waals surface area contributed by atoms with Crippen LogP contribution in [0.25, 0.3) is 0 Å². The first-order chi connectivity index (χ1) is 10.5. The van der Waals surface area contributed by atoms with Crippen molar-refractivity contribution >= 4 is 23.6 Å². The molecule has 120 valence electrons. The smallest absolute Gasteiger partial charge is 0.253 e. The van der Waals surface area contributed by atoms with E-state index in [1.807, 2.05) is 40.3 Å². The Morgan fingerprint density at radius 3 is 2.09 bits per heavy atom. The molecule has 1 fully saturated rings. The third kappa shape index (κ3) is 4.26. The maximum atomic E-state index is 12.5. The van der Waals surface area contributed by atoms with Gasteiger partial charge >= 0.3 is 0 Å². The Labute approximate surface area is 136 Å². The molecule has 0 unspecified atom stereocenters. The maximum absolute atomic E-state index is 12.5. The number of carbonyl (C=O) groups excluding carboxylic acids is 2. The van der Waals surface area contributed by atoms with Crippen molar-refractivity contribution in [3.8, 4) is 0 Å². The summed E-state index contributed by atoms with van der Waals surface area (Å²) in [5.41, 5.74) is 0.722. The van der Waals surface area contributed by atoms with E-state index < -0.39 is 0 Å². The predicted molar refractivity (Wildman–Crippen MR) is 90.2 cm³/mol. The second-order valence-electron chi connectivity index (χ2n) is 6.00. The first-order valence-corrected chi connectivity index (χ1v) is 8.95. The third-order valence-electron chi connectivity index (χ3n) is 3.84. The Morgan fingerprint density at radius 1 is 1.05 bits per heavy atom. The molecular weight excluding hydrogens is 296 g/mol. The van der Waals surface area contributed by atoms with Crippen LogP contribution in [0.15, 0.2) is 29.2 Å². The third-order valence-corrected chi connectivity index (χ3v) is 4.58. The van der Waals surface area contributed by atoms with Crippen molar-refractivity contribution in [3.63, 3.8) is 0 Å². The van der Waals surface area contributed by atoms with E-state index in [2.05, 4.69) is 13.8 Å². The van der Waals surface area contributed by atoms with E-state index >= 15 is 0 Å². The molecule has 0 spiro atoms. The summed E-state index contributed by atoms with van der Waals surface area (Å²) in [4.78, 5) is 29.4. The van der Waals surface area contributed by atoms with Crippen molar-refractivity contribution in [3.05, 3.63) is 29.8 Å². The molecule has 2 amide bonds. The number of amides is 2. The summed E-state index contributed by atoms with van der Waals surface area (Å²) in [7, 11) is 0. The molecule has 4 nitrogen and oxygen atoms in total. The lowest BCUT2D eigenvalue weighted by Crippen LogP contribution is -2.50. The monoisotopic (exact) mass is 320 g/mol. The average molecular weight is 320 g/mol. The van der Waals surface area contributed by atoms with Crippen molar-refractivity contribution < 1.29 is 9.59 Å². The minimum absolute atomic E-state index is 0.0589. The molecule has 0 atom stereocenters. The molecule has 5 heteroatoms. The summed E-state index contributed by atoms with van der Waals surface area (Å²) in [5, 5.41) is 0. The summed E-state index contributed by atoms with van der Waals surface area (Å²) in [6, 6.07) is 7.70. The molecule has 0 aromatic heterocycles. The average Bonchev–Trinajstić information content (AvgIpc) is 2.54. The van der Waals surface area contributed by atoms with Crippen LogP contribution in [0.1, 0.15) is 30.6 Å². The van der Waals surface area contributed by atoms with E-state index in [9.17, 15) is 9.59 Å². The Hall–Kier alpha value is -1.49. The van der Waals surface area contributed by atoms with Crippen LogP contribution < -0.4 is 0 Å². The Balaban J connectivity index is 1.90. The van der Waals surface area contributed by atoms with Crippen molar-refractivity contribution in [2.45, 2.75) is 25.2 Å². The van der Waals surface area contributed by atoms with Gasteiger partial charge in [-0.15, -0.1) is 11.8 Å². The fourth-order valence-electron chi connectivity index (χ4n) is 2.55. The maximum Gasteiger partial charge on any atom is 0.253 e. The van der Waals surface area contributed by atoms with Crippen molar-refractivity contribution in [1.29, 1.82) is 0 Å². The number of rotatable bonds is 4. The SMILES string of the molecule is CSc1ccc(C(=O)N2CCN(C(=O)CC(C)C)CC2)cc1. The van der Waals surface area contributed by atoms with Crippen molar-refractivity contribution in [1.82, 2.24) is 9.80 Å². The molecule has 0 radical (unpaired) electrons. The van der Waals surface area contributed by atoms with Crippen LogP contribution in [-0.4, -0.2) is 54.0 Å². The largest absolute Gasteiger partial charge is 0.339 e. The number of piperazine rings is 1. The Morgan fingerprint density at radius 2 is 1.59 bits per heavy atom. The Bertz CT molecular complexity index is 520. The number of nitrogens with zero attached hydrogens (tertiary/aromatic N) is 2. The van der Waals surface area contributed by atoms with E-state index in [4.69, 9.17) is 0 Å². The van der Waals surface area contributed by atoms with E-state index in [0.29, 0.717) is 38.5 Å². The number of benzene rings is 1. The van der Waals surface area contributed by atoms with Crippen LogP contribution >= 0.6 is 11.8 Å². The van der Waals surface area contributed by atoms with Crippen LogP contribution in [0, 0.1) is 5.92 Å². The van der Waals surface area contributed by atoms with Crippen LogP contribution in [0.4, 0.5) is 0 Å². The van der Waals surface area contributed by atoms with Gasteiger partial charge in [-0.3, -0.25) is 9.59 Å². The molecule has 0 N–H and O–H groups in total. The number of hydrogen-bond donors (Lipinski definition) is 0. The second-order valence-corrected chi connectivity index (χ2v) is 6.88. The summed E-state index contributed by atoms with van der Waals surface area (Å²) >= 11 is 1.66. The molecule has 1 heterocycles. The lowest BCUT2D eigenvalue weighted by atomic mass is 10.1. The quantitative estimate of drug-likeness (QED) is 0.801. The fraction of sp³-hybridized carbons (Fsp3) is 0.529. The van der Waals surface area contributed by atoms with Gasteiger partial charge in [0.1, 0.15) is 0 Å². The summed E-state index contributed by atoms with van der Waals surface area (Å²) < 4.78 is 0. The summed E-state index contributed by atoms with van der Waals surface area (Å²) in [6.07, 6.45) is 2.61. The standard InChI is InChI=1S/C17H24N2O2S/c1-13(2)12-16(20)18-8-10-19(11-9-18)17(21)14-4-6-15(22-3)7-5-14/h4-7,13H,8-12H2,1-3H3. The summed E-state index contributed by atoms with van der Waals surface area (Å²) in [5.74, 6) is 0.636. The van der Waals surface area contributed by atoms with Crippen LogP contribution in [0.2, 0.25) is 0 Å². The molecule has 1 aliphatic heterocycles. The minimum Gasteiger partial charge on any atom is -0.339 e. The van der Waals surface area contributed by atoms with Gasteiger partial charge in [0.05, 0.1) is 0 Å². The molecule has 1 aliphatic rings. The first-order valence-electron chi connectivity index (χ1n) is 7.72. The molecule has 2 rings (SSSR count). The topological polar surface area (TPSA) is 40.6 Å². The van der Waals surface area contributed by atoms with Crippen molar-refractivity contribution in [2.24, 2.45) is 5.92 Å². The molecule has 0 aliphatic carbocycles. The van der Waals surface area contributed by atoms with Crippen LogP contribution in [0.3, 0.4) is 0 Å². The zero-order valence-corrected chi connectivity index (χ0v) is 14.4. The Kier molecular flexibility index (Phi) is 5.89. The van der Waals surface area contributed by atoms with E-state index in [-0.39, 0.29) is 11.8 Å². The molecule has 1 aromatic rings. The van der Waals surface area contributed by atoms with E-state index in [0.717, 1.165) is 10.5 Å². The fourth-order valence-corrected chi connectivity index (χ4v) is 2.96. The molecule has 22 heavy (non-hydrogen) atoms. The lowest BCUT2D eigenvalue weighted by molar-refractivity contribution is -0.133. The molecule has 0 saturated carbocycles. The van der Waals surface area contributed by atoms with Gasteiger partial charge in [0.2, 0.25) is 5.91 Å². The second kappa shape index (κ2) is 7.68. The van der Waals surface area contributed by atoms with Crippen molar-refractivity contribution in [2.75, 3.05) is 32.4 Å². The van der Waals surface area contributed by atoms with Gasteiger partial charge in [0.15, 0.2) is 0 Å². The highest BCUT2D eigenvalue weighted by molar-refractivity contribution is 7.98. The van der Waals surface area contributed by atoms with Crippen LogP contribution in [-0.2, 0) is 4.79 Å². The highest BCUT2D eigenvalue weighted by Gasteiger charge is 2.24. The van der Waals surface area contributed by atoms with Crippen LogP contribution in [0.5, 0.6) is 0 Å². The zero-order valence-electron chi connectivity index (χ0n) is 13.5. The van der Waals surface area contributed by atoms with Gasteiger partial charge in [0.25, 0.3) is 5.91 Å². The summed E-state index contributed by atoms with van der Waals surface area (Å²) in [6.45, 7) is 6.62. The van der Waals surface area contributed by atoms with Gasteiger partial charge in [-0.1, -0.05) is 13.8 Å². The predicted octanol–water partition coefficient (Wildman–Crippen LogP) is 2.74. The molecule has 1 saturated heterocycles. The number of carbonyl (C=O) groups is 2. The normalized spacial score (nSPS) is 15.3. The lowest BCUT2D eigenvalue weighted by Gasteiger charge is -2.35. The molecular formula is C17H24N2O2S. The number of hydrogen-bond acceptors (Lipinski definition) is 3. The van der Waals surface area contributed by atoms with Gasteiger partial charge in [0, 0.05) is 43.1 Å². The molecule has 0 bridgehead atoms. The van der Waals surface area contributed by atoms with E-state index in [1.165, 1.54) is 0 Å². The highest BCUT2D eigenvalue weighted by Crippen LogP contribution is 2.17. The van der Waals surface area contributed by atoms with E-state index in [1.54, 1.807) is 11.8 Å². The molecule has 1 aromatic carbocycles.